The molecule has 0 saturated carbocycles. The maximum absolute atomic E-state index is 14.6. The molecule has 1 aliphatic heterocycles. The van der Waals surface area contributed by atoms with Crippen molar-refractivity contribution in [3.63, 3.8) is 0 Å². The van der Waals surface area contributed by atoms with Gasteiger partial charge in [0.1, 0.15) is 17.6 Å². The first-order valence-corrected chi connectivity index (χ1v) is 12.8. The molecular formula is C25H27F4N7O2S. The van der Waals surface area contributed by atoms with Gasteiger partial charge in [0.25, 0.3) is 5.91 Å². The molecule has 2 atom stereocenters. The summed E-state index contributed by atoms with van der Waals surface area (Å²) in [4.78, 5) is 17.8. The van der Waals surface area contributed by atoms with Gasteiger partial charge in [-0.2, -0.15) is 22.8 Å². The molecule has 0 unspecified atom stereocenters. The molecule has 208 valence electrons. The Morgan fingerprint density at radius 3 is 2.79 bits per heavy atom. The van der Waals surface area contributed by atoms with Crippen LogP contribution in [-0.4, -0.2) is 84.0 Å². The standard InChI is InChI=1S/C25H27F4N7O2S/c1-30-23(37)15-6-7-18(21(13-15)38-3)31-10-4-5-19-22(39-25(27,28)29)20-8-11-32-24(36(20)34-19)33-17-9-12-35(2)14-16(17)26/h6-8,11,13,16-17,31H,9-10,12,14H2,1-3H3,(H,30,37)(H,32,33)/t16-,17+/m0/s1. The molecule has 1 aromatic carbocycles. The van der Waals surface area contributed by atoms with Crippen LogP contribution >= 0.6 is 11.8 Å². The van der Waals surface area contributed by atoms with Crippen LogP contribution in [0.25, 0.3) is 5.52 Å². The number of hydrogen-bond acceptors (Lipinski definition) is 8. The molecule has 0 bridgehead atoms. The SMILES string of the molecule is CNC(=O)c1ccc(NCC#Cc2nn3c(N[C@@H]4CCN(C)C[C@@H]4F)nccc3c2SC(F)(F)F)c(OC)c1. The smallest absolute Gasteiger partial charge is 0.446 e. The van der Waals surface area contributed by atoms with E-state index in [9.17, 15) is 22.4 Å². The molecule has 3 N–H and O–H groups in total. The van der Waals surface area contributed by atoms with Crippen LogP contribution in [-0.2, 0) is 0 Å². The number of aromatic nitrogens is 3. The number of piperidine rings is 1. The lowest BCUT2D eigenvalue weighted by atomic mass is 10.0. The van der Waals surface area contributed by atoms with Gasteiger partial charge in [0.15, 0.2) is 0 Å². The fourth-order valence-electron chi connectivity index (χ4n) is 4.13. The molecule has 9 nitrogen and oxygen atoms in total. The zero-order valence-electron chi connectivity index (χ0n) is 21.4. The fraction of sp³-hybridized carbons (Fsp3) is 0.400. The van der Waals surface area contributed by atoms with Crippen molar-refractivity contribution >= 4 is 34.8 Å². The number of anilines is 2. The fourth-order valence-corrected chi connectivity index (χ4v) is 4.81. The summed E-state index contributed by atoms with van der Waals surface area (Å²) in [5.74, 6) is 5.77. The van der Waals surface area contributed by atoms with Gasteiger partial charge >= 0.3 is 5.51 Å². The zero-order chi connectivity index (χ0) is 28.2. The summed E-state index contributed by atoms with van der Waals surface area (Å²) in [6.07, 6.45) is 0.691. The molecule has 4 rings (SSSR count). The highest BCUT2D eigenvalue weighted by Gasteiger charge is 2.34. The molecule has 39 heavy (non-hydrogen) atoms. The Labute approximate surface area is 226 Å². The summed E-state index contributed by atoms with van der Waals surface area (Å²) < 4.78 is 61.5. The van der Waals surface area contributed by atoms with Gasteiger partial charge in [0.05, 0.1) is 35.8 Å². The minimum atomic E-state index is -4.58. The second-order valence-corrected chi connectivity index (χ2v) is 9.83. The maximum Gasteiger partial charge on any atom is 0.446 e. The van der Waals surface area contributed by atoms with E-state index in [1.807, 2.05) is 11.9 Å². The zero-order valence-corrected chi connectivity index (χ0v) is 22.2. The van der Waals surface area contributed by atoms with Crippen LogP contribution in [0.1, 0.15) is 22.5 Å². The van der Waals surface area contributed by atoms with Crippen molar-refractivity contribution in [1.82, 2.24) is 24.8 Å². The predicted octanol–water partition coefficient (Wildman–Crippen LogP) is 3.63. The average Bonchev–Trinajstić information content (AvgIpc) is 3.24. The van der Waals surface area contributed by atoms with Crippen LogP contribution in [0, 0.1) is 11.8 Å². The van der Waals surface area contributed by atoms with E-state index in [1.54, 1.807) is 18.2 Å². The van der Waals surface area contributed by atoms with Gasteiger partial charge in [-0.05, 0) is 55.4 Å². The number of carbonyl (C=O) groups excluding carboxylic acids is 1. The third-order valence-corrected chi connectivity index (χ3v) is 6.89. The number of nitrogens with one attached hydrogen (secondary N) is 3. The quantitative estimate of drug-likeness (QED) is 0.227. The summed E-state index contributed by atoms with van der Waals surface area (Å²) in [6.45, 7) is 0.971. The number of hydrogen-bond donors (Lipinski definition) is 3. The molecule has 3 heterocycles. The van der Waals surface area contributed by atoms with Crippen molar-refractivity contribution in [3.05, 3.63) is 41.7 Å². The van der Waals surface area contributed by atoms with E-state index in [0.717, 1.165) is 0 Å². The highest BCUT2D eigenvalue weighted by Crippen LogP contribution is 2.41. The van der Waals surface area contributed by atoms with Crippen LogP contribution in [0.5, 0.6) is 5.75 Å². The van der Waals surface area contributed by atoms with Crippen molar-refractivity contribution in [1.29, 1.82) is 0 Å². The average molecular weight is 566 g/mol. The van der Waals surface area contributed by atoms with E-state index in [4.69, 9.17) is 4.74 Å². The van der Waals surface area contributed by atoms with Crippen LogP contribution in [0.4, 0.5) is 29.2 Å². The monoisotopic (exact) mass is 565 g/mol. The molecule has 1 aliphatic rings. The Bertz CT molecular complexity index is 1400. The second-order valence-electron chi connectivity index (χ2n) is 8.76. The van der Waals surface area contributed by atoms with Crippen molar-refractivity contribution in [2.24, 2.45) is 0 Å². The molecule has 0 spiro atoms. The largest absolute Gasteiger partial charge is 0.495 e. The van der Waals surface area contributed by atoms with Crippen LogP contribution in [0.15, 0.2) is 35.4 Å². The molecule has 2 aromatic heterocycles. The highest BCUT2D eigenvalue weighted by atomic mass is 32.2. The topological polar surface area (TPSA) is 95.8 Å². The molecule has 0 aliphatic carbocycles. The van der Waals surface area contributed by atoms with E-state index < -0.39 is 17.7 Å². The Hall–Kier alpha value is -3.70. The molecule has 3 aromatic rings. The summed E-state index contributed by atoms with van der Waals surface area (Å²) in [6, 6.07) is 5.67. The number of nitrogens with zero attached hydrogens (tertiary/aromatic N) is 4. The van der Waals surface area contributed by atoms with E-state index >= 15 is 0 Å². The molecular weight excluding hydrogens is 538 g/mol. The molecule has 1 saturated heterocycles. The van der Waals surface area contributed by atoms with Gasteiger partial charge < -0.3 is 25.6 Å². The lowest BCUT2D eigenvalue weighted by Crippen LogP contribution is -2.46. The normalized spacial score (nSPS) is 17.8. The summed E-state index contributed by atoms with van der Waals surface area (Å²) in [5.41, 5.74) is -3.55. The van der Waals surface area contributed by atoms with Crippen LogP contribution < -0.4 is 20.7 Å². The van der Waals surface area contributed by atoms with Crippen molar-refractivity contribution in [3.8, 4) is 17.6 Å². The van der Waals surface area contributed by atoms with Gasteiger partial charge in [0, 0.05) is 31.9 Å². The molecule has 1 fully saturated rings. The summed E-state index contributed by atoms with van der Waals surface area (Å²) in [7, 11) is 4.79. The third kappa shape index (κ3) is 6.85. The first kappa shape index (κ1) is 28.3. The van der Waals surface area contributed by atoms with E-state index in [0.29, 0.717) is 30.0 Å². The summed E-state index contributed by atoms with van der Waals surface area (Å²) in [5, 5.41) is 12.9. The van der Waals surface area contributed by atoms with E-state index in [2.05, 4.69) is 37.9 Å². The number of amides is 1. The van der Waals surface area contributed by atoms with Crippen molar-refractivity contribution in [2.75, 3.05) is 51.5 Å². The third-order valence-electron chi connectivity index (χ3n) is 6.05. The number of ether oxygens (including phenoxy) is 1. The molecule has 14 heteroatoms. The van der Waals surface area contributed by atoms with Crippen LogP contribution in [0.2, 0.25) is 0 Å². The van der Waals surface area contributed by atoms with E-state index in [1.165, 1.54) is 30.9 Å². The number of thioether (sulfide) groups is 1. The first-order valence-electron chi connectivity index (χ1n) is 11.9. The number of likely N-dealkylation sites (tertiary alicyclic amines) is 1. The molecule has 1 amide bonds. The van der Waals surface area contributed by atoms with Gasteiger partial charge in [-0.1, -0.05) is 5.92 Å². The molecule has 0 radical (unpaired) electrons. The lowest BCUT2D eigenvalue weighted by molar-refractivity contribution is -0.0327. The van der Waals surface area contributed by atoms with Gasteiger partial charge in [-0.15, -0.1) is 0 Å². The second kappa shape index (κ2) is 12.0. The number of alkyl halides is 4. The Balaban J connectivity index is 1.59. The Kier molecular flexibility index (Phi) is 8.71. The number of rotatable bonds is 7. The Morgan fingerprint density at radius 1 is 1.31 bits per heavy atom. The minimum absolute atomic E-state index is 0.0577. The maximum atomic E-state index is 14.6. The van der Waals surface area contributed by atoms with Crippen molar-refractivity contribution in [2.45, 2.75) is 29.0 Å². The Morgan fingerprint density at radius 2 is 2.10 bits per heavy atom. The van der Waals surface area contributed by atoms with Gasteiger partial charge in [-0.3, -0.25) is 4.79 Å². The number of benzene rings is 1. The van der Waals surface area contributed by atoms with Gasteiger partial charge in [0.2, 0.25) is 5.95 Å². The van der Waals surface area contributed by atoms with Gasteiger partial charge in [-0.25, -0.2) is 9.37 Å². The van der Waals surface area contributed by atoms with Crippen molar-refractivity contribution < 1.29 is 27.1 Å². The highest BCUT2D eigenvalue weighted by molar-refractivity contribution is 8.00. The first-order chi connectivity index (χ1) is 18.6. The number of fused-ring (bicyclic) bond motifs is 1. The predicted molar refractivity (Wildman–Crippen MR) is 141 cm³/mol. The van der Waals surface area contributed by atoms with E-state index in [-0.39, 0.29) is 52.8 Å². The minimum Gasteiger partial charge on any atom is -0.495 e. The number of halogens is 4. The number of carbonyl (C=O) groups is 1. The number of methoxy groups -OCH3 is 1. The summed E-state index contributed by atoms with van der Waals surface area (Å²) >= 11 is -0.314. The van der Waals surface area contributed by atoms with Crippen LogP contribution in [0.3, 0.4) is 0 Å². The lowest BCUT2D eigenvalue weighted by Gasteiger charge is -2.32.